The fourth-order valence-corrected chi connectivity index (χ4v) is 2.52. The van der Waals surface area contributed by atoms with Crippen LogP contribution in [0.2, 0.25) is 15.1 Å². The Hall–Kier alpha value is -1.49. The van der Waals surface area contributed by atoms with E-state index in [0.717, 1.165) is 0 Å². The average molecular weight is 331 g/mol. The number of hydrogen-bond donors (Lipinski definition) is 1. The van der Waals surface area contributed by atoms with Crippen molar-refractivity contribution in [1.82, 2.24) is 9.55 Å². The molecule has 0 aliphatic carbocycles. The summed E-state index contributed by atoms with van der Waals surface area (Å²) < 4.78 is 15.0. The maximum Gasteiger partial charge on any atom is 0.205 e. The smallest absolute Gasteiger partial charge is 0.205 e. The second-order valence-corrected chi connectivity index (χ2v) is 5.38. The van der Waals surface area contributed by atoms with E-state index in [1.54, 1.807) is 12.1 Å². The van der Waals surface area contributed by atoms with E-state index < -0.39 is 5.82 Å². The highest BCUT2D eigenvalue weighted by molar-refractivity contribution is 6.42. The molecule has 3 rings (SSSR count). The average Bonchev–Trinajstić information content (AvgIpc) is 2.69. The largest absolute Gasteiger partial charge is 0.369 e. The first-order chi connectivity index (χ1) is 9.47. The molecule has 0 atom stereocenters. The van der Waals surface area contributed by atoms with Gasteiger partial charge in [0, 0.05) is 0 Å². The molecule has 7 heteroatoms. The third-order valence-electron chi connectivity index (χ3n) is 2.87. The van der Waals surface area contributed by atoms with Crippen LogP contribution in [0.1, 0.15) is 0 Å². The lowest BCUT2D eigenvalue weighted by atomic mass is 10.2. The van der Waals surface area contributed by atoms with Gasteiger partial charge in [-0.25, -0.2) is 9.37 Å². The first kappa shape index (κ1) is 13.5. The lowest BCUT2D eigenvalue weighted by molar-refractivity contribution is 0.627. The van der Waals surface area contributed by atoms with E-state index in [0.29, 0.717) is 31.8 Å². The lowest BCUT2D eigenvalue weighted by Crippen LogP contribution is -2.01. The van der Waals surface area contributed by atoms with Crippen LogP contribution in [0.5, 0.6) is 0 Å². The fraction of sp³-hybridized carbons (Fsp3) is 0. The van der Waals surface area contributed by atoms with Crippen LogP contribution in [0.4, 0.5) is 10.3 Å². The lowest BCUT2D eigenvalue weighted by Gasteiger charge is -2.09. The van der Waals surface area contributed by atoms with E-state index in [2.05, 4.69) is 4.98 Å². The maximum atomic E-state index is 13.4. The summed E-state index contributed by atoms with van der Waals surface area (Å²) in [6.45, 7) is 0. The van der Waals surface area contributed by atoms with Gasteiger partial charge in [0.1, 0.15) is 5.82 Å². The first-order valence-corrected chi connectivity index (χ1v) is 6.69. The van der Waals surface area contributed by atoms with Crippen LogP contribution in [-0.4, -0.2) is 9.55 Å². The zero-order valence-corrected chi connectivity index (χ0v) is 12.1. The molecule has 0 unspecified atom stereocenters. The number of aromatic nitrogens is 2. The summed E-state index contributed by atoms with van der Waals surface area (Å²) >= 11 is 18.1. The Kier molecular flexibility index (Phi) is 3.24. The molecule has 3 aromatic rings. The number of imidazole rings is 1. The molecule has 0 saturated carbocycles. The van der Waals surface area contributed by atoms with E-state index in [9.17, 15) is 4.39 Å². The highest BCUT2D eigenvalue weighted by Gasteiger charge is 2.15. The highest BCUT2D eigenvalue weighted by Crippen LogP contribution is 2.33. The summed E-state index contributed by atoms with van der Waals surface area (Å²) in [4.78, 5) is 4.18. The molecule has 0 aliphatic rings. The Morgan fingerprint density at radius 3 is 2.45 bits per heavy atom. The molecule has 0 amide bonds. The number of hydrogen-bond acceptors (Lipinski definition) is 2. The number of nitrogens with zero attached hydrogens (tertiary/aromatic N) is 2. The zero-order chi connectivity index (χ0) is 14.4. The van der Waals surface area contributed by atoms with Gasteiger partial charge in [0.25, 0.3) is 0 Å². The standard InChI is InChI=1S/C13H7Cl3FN3/c14-7-2-1-6(17)3-11(7)20-12-5-9(16)8(15)4-10(12)19-13(20)18/h1-5H,(H2,18,19). The molecule has 2 N–H and O–H groups in total. The first-order valence-electron chi connectivity index (χ1n) is 5.56. The minimum atomic E-state index is -0.425. The van der Waals surface area contributed by atoms with Crippen LogP contribution in [0.25, 0.3) is 16.7 Å². The van der Waals surface area contributed by atoms with Gasteiger partial charge in [0.15, 0.2) is 0 Å². The molecule has 0 aliphatic heterocycles. The predicted octanol–water partition coefficient (Wildman–Crippen LogP) is 4.71. The summed E-state index contributed by atoms with van der Waals surface area (Å²) in [5.41, 5.74) is 7.44. The number of fused-ring (bicyclic) bond motifs is 1. The molecule has 1 heterocycles. The minimum Gasteiger partial charge on any atom is -0.369 e. The molecule has 0 bridgehead atoms. The van der Waals surface area contributed by atoms with E-state index in [1.807, 2.05) is 0 Å². The topological polar surface area (TPSA) is 43.8 Å². The van der Waals surface area contributed by atoms with Gasteiger partial charge in [-0.2, -0.15) is 0 Å². The van der Waals surface area contributed by atoms with Crippen molar-refractivity contribution in [1.29, 1.82) is 0 Å². The molecular weight excluding hydrogens is 324 g/mol. The molecule has 0 radical (unpaired) electrons. The molecule has 20 heavy (non-hydrogen) atoms. The van der Waals surface area contributed by atoms with Crippen molar-refractivity contribution in [2.24, 2.45) is 0 Å². The maximum absolute atomic E-state index is 13.4. The Morgan fingerprint density at radius 1 is 1.00 bits per heavy atom. The second kappa shape index (κ2) is 4.81. The van der Waals surface area contributed by atoms with Crippen molar-refractivity contribution in [3.63, 3.8) is 0 Å². The molecule has 1 aromatic heterocycles. The Bertz CT molecular complexity index is 829. The number of nitrogens with two attached hydrogens (primary N) is 1. The third kappa shape index (κ3) is 2.10. The Morgan fingerprint density at radius 2 is 1.70 bits per heavy atom. The third-order valence-corrected chi connectivity index (χ3v) is 3.91. The van der Waals surface area contributed by atoms with Crippen molar-refractivity contribution in [3.05, 3.63) is 51.2 Å². The van der Waals surface area contributed by atoms with Gasteiger partial charge in [0.05, 0.1) is 31.8 Å². The van der Waals surface area contributed by atoms with Gasteiger partial charge >= 0.3 is 0 Å². The van der Waals surface area contributed by atoms with Crippen molar-refractivity contribution >= 4 is 51.8 Å². The van der Waals surface area contributed by atoms with Gasteiger partial charge in [-0.15, -0.1) is 0 Å². The van der Waals surface area contributed by atoms with Crippen LogP contribution < -0.4 is 5.73 Å². The van der Waals surface area contributed by atoms with Crippen LogP contribution in [0.15, 0.2) is 30.3 Å². The number of benzene rings is 2. The SMILES string of the molecule is Nc1nc2cc(Cl)c(Cl)cc2n1-c1cc(F)ccc1Cl. The van der Waals surface area contributed by atoms with Gasteiger partial charge < -0.3 is 5.73 Å². The quantitative estimate of drug-likeness (QED) is 0.702. The molecule has 102 valence electrons. The molecule has 2 aromatic carbocycles. The van der Waals surface area contributed by atoms with Crippen molar-refractivity contribution in [2.45, 2.75) is 0 Å². The summed E-state index contributed by atoms with van der Waals surface area (Å²) in [6, 6.07) is 7.21. The second-order valence-electron chi connectivity index (χ2n) is 4.16. The van der Waals surface area contributed by atoms with E-state index in [1.165, 1.54) is 22.8 Å². The van der Waals surface area contributed by atoms with Gasteiger partial charge in [-0.05, 0) is 30.3 Å². The van der Waals surface area contributed by atoms with Crippen molar-refractivity contribution in [2.75, 3.05) is 5.73 Å². The zero-order valence-electron chi connectivity index (χ0n) is 9.87. The number of nitrogen functional groups attached to an aromatic ring is 1. The monoisotopic (exact) mass is 329 g/mol. The van der Waals surface area contributed by atoms with E-state index in [4.69, 9.17) is 40.5 Å². The van der Waals surface area contributed by atoms with Crippen LogP contribution >= 0.6 is 34.8 Å². The highest BCUT2D eigenvalue weighted by atomic mass is 35.5. The molecular formula is C13H7Cl3FN3. The van der Waals surface area contributed by atoms with Gasteiger partial charge in [0.2, 0.25) is 5.95 Å². The molecule has 0 saturated heterocycles. The summed E-state index contributed by atoms with van der Waals surface area (Å²) in [6.07, 6.45) is 0. The van der Waals surface area contributed by atoms with Crippen LogP contribution in [0, 0.1) is 5.82 Å². The van der Waals surface area contributed by atoms with Crippen molar-refractivity contribution < 1.29 is 4.39 Å². The molecule has 0 fully saturated rings. The predicted molar refractivity (Wildman–Crippen MR) is 80.5 cm³/mol. The van der Waals surface area contributed by atoms with E-state index in [-0.39, 0.29) is 5.95 Å². The van der Waals surface area contributed by atoms with Crippen molar-refractivity contribution in [3.8, 4) is 5.69 Å². The summed E-state index contributed by atoms with van der Waals surface area (Å²) in [7, 11) is 0. The minimum absolute atomic E-state index is 0.172. The van der Waals surface area contributed by atoms with Gasteiger partial charge in [-0.1, -0.05) is 34.8 Å². The number of rotatable bonds is 1. The van der Waals surface area contributed by atoms with Crippen LogP contribution in [-0.2, 0) is 0 Å². The number of anilines is 1. The Balaban J connectivity index is 2.38. The Labute approximate surface area is 128 Å². The van der Waals surface area contributed by atoms with E-state index >= 15 is 0 Å². The number of halogens is 4. The fourth-order valence-electron chi connectivity index (χ4n) is 2.00. The normalized spacial score (nSPS) is 11.2. The molecule has 3 nitrogen and oxygen atoms in total. The molecule has 0 spiro atoms. The summed E-state index contributed by atoms with van der Waals surface area (Å²) in [5.74, 6) is -0.253. The van der Waals surface area contributed by atoms with Gasteiger partial charge in [-0.3, -0.25) is 4.57 Å². The van der Waals surface area contributed by atoms with Crippen LogP contribution in [0.3, 0.4) is 0 Å². The summed E-state index contributed by atoms with van der Waals surface area (Å²) in [5, 5.41) is 1.07.